The molecule has 0 aliphatic heterocycles. The van der Waals surface area contributed by atoms with E-state index >= 15 is 0 Å². The Morgan fingerprint density at radius 3 is 2.33 bits per heavy atom. The molecular weight excluding hydrogens is 450 g/mol. The molecule has 1 aliphatic carbocycles. The number of aromatic nitrogens is 1. The van der Waals surface area contributed by atoms with Gasteiger partial charge in [0.25, 0.3) is 5.91 Å². The molecule has 1 fully saturated rings. The molecule has 0 radical (unpaired) electrons. The molecule has 0 saturated heterocycles. The van der Waals surface area contributed by atoms with E-state index in [2.05, 4.69) is 34.9 Å². The molecule has 0 atom stereocenters. The normalized spacial score (nSPS) is 17.7. The van der Waals surface area contributed by atoms with E-state index in [1.54, 1.807) is 6.92 Å². The first-order valence-corrected chi connectivity index (χ1v) is 12.4. The Bertz CT molecular complexity index is 1460. The van der Waals surface area contributed by atoms with Gasteiger partial charge in [-0.05, 0) is 54.2 Å². The van der Waals surface area contributed by atoms with E-state index in [1.807, 2.05) is 47.0 Å². The van der Waals surface area contributed by atoms with Gasteiger partial charge in [-0.2, -0.15) is 0 Å². The number of fused-ring (bicyclic) bond motifs is 2. The van der Waals surface area contributed by atoms with Crippen LogP contribution in [0.5, 0.6) is 0 Å². The van der Waals surface area contributed by atoms with Gasteiger partial charge in [-0.1, -0.05) is 54.6 Å². The number of benzene rings is 3. The van der Waals surface area contributed by atoms with Crippen molar-refractivity contribution < 1.29 is 9.59 Å². The summed E-state index contributed by atoms with van der Waals surface area (Å²) >= 11 is 0. The zero-order chi connectivity index (χ0) is 25.2. The maximum atomic E-state index is 13.6. The fraction of sp³-hybridized carbons (Fsp3) is 0.276. The van der Waals surface area contributed by atoms with Gasteiger partial charge in [-0.3, -0.25) is 15.0 Å². The van der Waals surface area contributed by atoms with Gasteiger partial charge in [0.15, 0.2) is 0 Å². The molecule has 0 spiro atoms. The van der Waals surface area contributed by atoms with Gasteiger partial charge in [0, 0.05) is 42.0 Å². The summed E-state index contributed by atoms with van der Waals surface area (Å²) in [6, 6.07) is 22.2. The van der Waals surface area contributed by atoms with Gasteiger partial charge in [0.05, 0.1) is 0 Å². The highest BCUT2D eigenvalue weighted by atomic mass is 16.2. The number of amides is 2. The monoisotopic (exact) mass is 481 g/mol. The van der Waals surface area contributed by atoms with Crippen molar-refractivity contribution in [2.24, 2.45) is 5.73 Å². The topological polar surface area (TPSA) is 113 Å². The average molecular weight is 482 g/mol. The van der Waals surface area contributed by atoms with Gasteiger partial charge < -0.3 is 20.9 Å². The van der Waals surface area contributed by atoms with E-state index in [0.29, 0.717) is 17.8 Å². The molecule has 7 heteroatoms. The minimum atomic E-state index is -0.112. The van der Waals surface area contributed by atoms with Crippen molar-refractivity contribution in [3.63, 3.8) is 0 Å². The Balaban J connectivity index is 1.48. The minimum absolute atomic E-state index is 0.00302. The van der Waals surface area contributed by atoms with Crippen LogP contribution in [0.2, 0.25) is 0 Å². The van der Waals surface area contributed by atoms with Crippen LogP contribution >= 0.6 is 0 Å². The maximum Gasteiger partial charge on any atom is 0.268 e. The van der Waals surface area contributed by atoms with Gasteiger partial charge in [0.1, 0.15) is 11.5 Å². The number of nitrogen functional groups attached to an aromatic ring is 1. The van der Waals surface area contributed by atoms with Gasteiger partial charge in [0.2, 0.25) is 5.91 Å². The smallest absolute Gasteiger partial charge is 0.268 e. The van der Waals surface area contributed by atoms with E-state index in [1.165, 1.54) is 0 Å². The number of amidine groups is 1. The maximum absolute atomic E-state index is 13.6. The highest BCUT2D eigenvalue weighted by Crippen LogP contribution is 2.27. The first-order chi connectivity index (χ1) is 17.4. The van der Waals surface area contributed by atoms with Crippen LogP contribution in [0.25, 0.3) is 21.7 Å². The molecule has 1 aliphatic rings. The number of rotatable bonds is 6. The number of nitrogens with zero attached hydrogens (tertiary/aromatic N) is 1. The van der Waals surface area contributed by atoms with Crippen molar-refractivity contribution in [1.29, 1.82) is 5.41 Å². The van der Waals surface area contributed by atoms with Crippen LogP contribution in [0.1, 0.15) is 54.2 Å². The fourth-order valence-corrected chi connectivity index (χ4v) is 5.31. The third-order valence-electron chi connectivity index (χ3n) is 7.13. The van der Waals surface area contributed by atoms with E-state index in [4.69, 9.17) is 11.1 Å². The molecule has 184 valence electrons. The molecule has 5 N–H and O–H groups in total. The largest absolute Gasteiger partial charge is 0.384 e. The van der Waals surface area contributed by atoms with Gasteiger partial charge >= 0.3 is 0 Å². The Kier molecular flexibility index (Phi) is 6.46. The summed E-state index contributed by atoms with van der Waals surface area (Å²) in [6.07, 6.45) is 3.36. The van der Waals surface area contributed by atoms with Crippen LogP contribution in [0, 0.1) is 5.41 Å². The second kappa shape index (κ2) is 9.85. The van der Waals surface area contributed by atoms with E-state index in [9.17, 15) is 9.59 Å². The molecule has 0 unspecified atom stereocenters. The molecule has 1 heterocycles. The summed E-state index contributed by atoms with van der Waals surface area (Å²) in [4.78, 5) is 24.9. The van der Waals surface area contributed by atoms with Crippen molar-refractivity contribution in [1.82, 2.24) is 15.2 Å². The lowest BCUT2D eigenvalue weighted by Gasteiger charge is -2.29. The quantitative estimate of drug-likeness (QED) is 0.243. The zero-order valence-corrected chi connectivity index (χ0v) is 20.4. The summed E-state index contributed by atoms with van der Waals surface area (Å²) in [5.41, 5.74) is 8.98. The predicted octanol–water partition coefficient (Wildman–Crippen LogP) is 4.30. The molecule has 5 rings (SSSR count). The lowest BCUT2D eigenvalue weighted by molar-refractivity contribution is -0.119. The Hall–Kier alpha value is -4.13. The Morgan fingerprint density at radius 1 is 0.917 bits per heavy atom. The zero-order valence-electron chi connectivity index (χ0n) is 20.4. The van der Waals surface area contributed by atoms with Crippen molar-refractivity contribution in [3.8, 4) is 0 Å². The van der Waals surface area contributed by atoms with E-state index in [-0.39, 0.29) is 29.7 Å². The average Bonchev–Trinajstić information content (AvgIpc) is 3.23. The summed E-state index contributed by atoms with van der Waals surface area (Å²) in [5.74, 6) is -0.124. The van der Waals surface area contributed by atoms with Crippen molar-refractivity contribution in [3.05, 3.63) is 83.6 Å². The van der Waals surface area contributed by atoms with Crippen LogP contribution < -0.4 is 16.4 Å². The van der Waals surface area contributed by atoms with Crippen LogP contribution in [-0.2, 0) is 11.3 Å². The van der Waals surface area contributed by atoms with Crippen LogP contribution in [0.4, 0.5) is 0 Å². The Labute approximate surface area is 210 Å². The van der Waals surface area contributed by atoms with Crippen LogP contribution in [0.15, 0.2) is 66.7 Å². The summed E-state index contributed by atoms with van der Waals surface area (Å²) in [6.45, 7) is 2.06. The lowest BCUT2D eigenvalue weighted by Crippen LogP contribution is -2.43. The number of nitrogens with one attached hydrogen (secondary N) is 3. The van der Waals surface area contributed by atoms with E-state index < -0.39 is 0 Å². The predicted molar refractivity (Wildman–Crippen MR) is 143 cm³/mol. The molecule has 3 aromatic carbocycles. The molecule has 1 aromatic heterocycles. The van der Waals surface area contributed by atoms with Crippen LogP contribution in [-0.4, -0.2) is 34.3 Å². The minimum Gasteiger partial charge on any atom is -0.384 e. The molecule has 0 bridgehead atoms. The molecule has 1 saturated carbocycles. The van der Waals surface area contributed by atoms with Crippen molar-refractivity contribution in [2.45, 2.75) is 51.2 Å². The molecule has 7 nitrogen and oxygen atoms in total. The summed E-state index contributed by atoms with van der Waals surface area (Å²) in [5, 5.41) is 17.3. The second-order valence-corrected chi connectivity index (χ2v) is 9.66. The van der Waals surface area contributed by atoms with Crippen molar-refractivity contribution >= 4 is 39.3 Å². The number of carbonyl (C=O) groups is 2. The molecular formula is C29H31N5O2. The van der Waals surface area contributed by atoms with Crippen LogP contribution in [0.3, 0.4) is 0 Å². The number of carbonyl (C=O) groups excluding carboxylic acids is 2. The van der Waals surface area contributed by atoms with Gasteiger partial charge in [-0.15, -0.1) is 0 Å². The first-order valence-electron chi connectivity index (χ1n) is 12.4. The third-order valence-corrected chi connectivity index (χ3v) is 7.13. The molecule has 4 aromatic rings. The lowest BCUT2D eigenvalue weighted by atomic mass is 9.91. The second-order valence-electron chi connectivity index (χ2n) is 9.66. The number of hydrogen-bond donors (Lipinski definition) is 4. The van der Waals surface area contributed by atoms with Gasteiger partial charge in [-0.25, -0.2) is 0 Å². The molecule has 36 heavy (non-hydrogen) atoms. The third kappa shape index (κ3) is 4.82. The number of nitrogens with two attached hydrogens (primary N) is 1. The summed E-state index contributed by atoms with van der Waals surface area (Å²) in [7, 11) is 0. The highest BCUT2D eigenvalue weighted by Gasteiger charge is 2.25. The standard InChI is InChI=1S/C29H31N5O2/c1-18(35)32-23-11-13-24(14-12-23)33-29(36)27-15-20-9-10-21(28(30)31)16-26(20)34(27)17-22-7-4-6-19-5-2-3-8-25(19)22/h2-10,15-16,23-24H,11-14,17H2,1H3,(H3,30,31)(H,32,35)(H,33,36). The summed E-state index contributed by atoms with van der Waals surface area (Å²) < 4.78 is 2.03. The fourth-order valence-electron chi connectivity index (χ4n) is 5.31. The van der Waals surface area contributed by atoms with Crippen molar-refractivity contribution in [2.75, 3.05) is 0 Å². The SMILES string of the molecule is CC(=O)NC1CCC(NC(=O)c2cc3ccc(C(=N)N)cc3n2Cc2cccc3ccccc23)CC1. The molecule has 2 amide bonds. The van der Waals surface area contributed by atoms with E-state index in [0.717, 1.165) is 52.9 Å². The number of hydrogen-bond acceptors (Lipinski definition) is 3. The Morgan fingerprint density at radius 2 is 1.61 bits per heavy atom. The highest BCUT2D eigenvalue weighted by molar-refractivity contribution is 6.02. The first kappa shape index (κ1) is 23.6.